The highest BCUT2D eigenvalue weighted by atomic mass is 35.5. The molecule has 0 heterocycles. The molecule has 0 saturated carbocycles. The standard InChI is InChI=1S/C19H17ClF3NO/c1-12(2)14-6-3-13(4-7-14)5-10-18(25)24-15-8-9-17(20)16(11-15)19(21,22)23/h3-12H,1-2H3,(H,24,25)/b10-5+. The highest BCUT2D eigenvalue weighted by Crippen LogP contribution is 2.36. The average molecular weight is 368 g/mol. The summed E-state index contributed by atoms with van der Waals surface area (Å²) < 4.78 is 38.4. The van der Waals surface area contributed by atoms with Crippen LogP contribution in [0.1, 0.15) is 36.5 Å². The van der Waals surface area contributed by atoms with E-state index < -0.39 is 22.7 Å². The zero-order valence-corrected chi connectivity index (χ0v) is 14.4. The third kappa shape index (κ3) is 5.36. The number of nitrogens with one attached hydrogen (secondary N) is 1. The lowest BCUT2D eigenvalue weighted by atomic mass is 10.0. The number of carbonyl (C=O) groups is 1. The number of halogens is 4. The molecule has 0 aliphatic carbocycles. The molecule has 0 spiro atoms. The van der Waals surface area contributed by atoms with Crippen molar-refractivity contribution in [2.75, 3.05) is 5.32 Å². The smallest absolute Gasteiger partial charge is 0.322 e. The van der Waals surface area contributed by atoms with Crippen molar-refractivity contribution in [3.8, 4) is 0 Å². The lowest BCUT2D eigenvalue weighted by molar-refractivity contribution is -0.137. The maximum atomic E-state index is 12.8. The molecule has 0 aromatic heterocycles. The van der Waals surface area contributed by atoms with Crippen LogP contribution in [0.5, 0.6) is 0 Å². The van der Waals surface area contributed by atoms with Crippen LogP contribution in [0.3, 0.4) is 0 Å². The zero-order chi connectivity index (χ0) is 18.6. The summed E-state index contributed by atoms with van der Waals surface area (Å²) in [5.74, 6) is -0.113. The van der Waals surface area contributed by atoms with Crippen molar-refractivity contribution in [2.24, 2.45) is 0 Å². The van der Waals surface area contributed by atoms with Gasteiger partial charge in [0.15, 0.2) is 0 Å². The monoisotopic (exact) mass is 367 g/mol. The summed E-state index contributed by atoms with van der Waals surface area (Å²) >= 11 is 5.55. The van der Waals surface area contributed by atoms with Gasteiger partial charge in [-0.25, -0.2) is 0 Å². The van der Waals surface area contributed by atoms with Crippen LogP contribution < -0.4 is 5.32 Å². The first-order valence-corrected chi connectivity index (χ1v) is 8.00. The van der Waals surface area contributed by atoms with Gasteiger partial charge in [-0.2, -0.15) is 13.2 Å². The number of amides is 1. The Morgan fingerprint density at radius 3 is 2.32 bits per heavy atom. The number of anilines is 1. The molecular formula is C19H17ClF3NO. The SMILES string of the molecule is CC(C)c1ccc(/C=C/C(=O)Nc2ccc(Cl)c(C(F)(F)F)c2)cc1. The van der Waals surface area contributed by atoms with Crippen LogP contribution in [0.15, 0.2) is 48.5 Å². The van der Waals surface area contributed by atoms with E-state index in [1.165, 1.54) is 17.7 Å². The Kier molecular flexibility index (Phi) is 5.90. The number of carbonyl (C=O) groups excluding carboxylic acids is 1. The Labute approximate surface area is 149 Å². The summed E-state index contributed by atoms with van der Waals surface area (Å²) in [5.41, 5.74) is 1.05. The van der Waals surface area contributed by atoms with Gasteiger partial charge in [0.05, 0.1) is 10.6 Å². The molecule has 2 aromatic carbocycles. The van der Waals surface area contributed by atoms with Gasteiger partial charge in [0.1, 0.15) is 0 Å². The van der Waals surface area contributed by atoms with E-state index in [2.05, 4.69) is 19.2 Å². The van der Waals surface area contributed by atoms with Crippen molar-refractivity contribution in [3.05, 3.63) is 70.3 Å². The second-order valence-electron chi connectivity index (χ2n) is 5.84. The molecule has 0 bridgehead atoms. The van der Waals surface area contributed by atoms with Gasteiger partial charge in [0.25, 0.3) is 0 Å². The Morgan fingerprint density at radius 1 is 1.12 bits per heavy atom. The molecule has 0 radical (unpaired) electrons. The molecule has 2 nitrogen and oxygen atoms in total. The van der Waals surface area contributed by atoms with Gasteiger partial charge in [-0.15, -0.1) is 0 Å². The maximum absolute atomic E-state index is 12.8. The predicted molar refractivity (Wildman–Crippen MR) is 94.6 cm³/mol. The first-order chi connectivity index (χ1) is 11.7. The molecule has 2 rings (SSSR count). The van der Waals surface area contributed by atoms with Gasteiger partial charge in [0.2, 0.25) is 5.91 Å². The summed E-state index contributed by atoms with van der Waals surface area (Å²) in [7, 11) is 0. The minimum Gasteiger partial charge on any atom is -0.322 e. The lowest BCUT2D eigenvalue weighted by Gasteiger charge is -2.11. The molecule has 1 N–H and O–H groups in total. The highest BCUT2D eigenvalue weighted by molar-refractivity contribution is 6.31. The molecule has 1 amide bonds. The molecule has 0 unspecified atom stereocenters. The quantitative estimate of drug-likeness (QED) is 0.646. The van der Waals surface area contributed by atoms with Crippen molar-refractivity contribution >= 4 is 29.3 Å². The van der Waals surface area contributed by atoms with Gasteiger partial charge < -0.3 is 5.32 Å². The third-order valence-corrected chi connectivity index (χ3v) is 3.90. The Morgan fingerprint density at radius 2 is 1.76 bits per heavy atom. The van der Waals surface area contributed by atoms with Gasteiger partial charge in [-0.05, 0) is 41.3 Å². The first kappa shape index (κ1) is 19.1. The van der Waals surface area contributed by atoms with Gasteiger partial charge in [0, 0.05) is 11.8 Å². The van der Waals surface area contributed by atoms with Crippen molar-refractivity contribution < 1.29 is 18.0 Å². The Hall–Kier alpha value is -2.27. The van der Waals surface area contributed by atoms with Crippen LogP contribution >= 0.6 is 11.6 Å². The topological polar surface area (TPSA) is 29.1 Å². The molecule has 0 saturated heterocycles. The van der Waals surface area contributed by atoms with Gasteiger partial charge in [-0.3, -0.25) is 4.79 Å². The fourth-order valence-electron chi connectivity index (χ4n) is 2.17. The van der Waals surface area contributed by atoms with E-state index in [0.717, 1.165) is 17.7 Å². The van der Waals surface area contributed by atoms with E-state index in [1.54, 1.807) is 6.08 Å². The number of hydrogen-bond donors (Lipinski definition) is 1. The van der Waals surface area contributed by atoms with Crippen LogP contribution in [-0.4, -0.2) is 5.91 Å². The largest absolute Gasteiger partial charge is 0.417 e. The second kappa shape index (κ2) is 7.74. The van der Waals surface area contributed by atoms with Crippen LogP contribution in [0.4, 0.5) is 18.9 Å². The molecular weight excluding hydrogens is 351 g/mol. The molecule has 6 heteroatoms. The third-order valence-electron chi connectivity index (χ3n) is 3.57. The minimum atomic E-state index is -4.58. The maximum Gasteiger partial charge on any atom is 0.417 e. The first-order valence-electron chi connectivity index (χ1n) is 7.62. The normalized spacial score (nSPS) is 12.0. The number of hydrogen-bond acceptors (Lipinski definition) is 1. The number of benzene rings is 2. The van der Waals surface area contributed by atoms with Crippen LogP contribution in [-0.2, 0) is 11.0 Å². The van der Waals surface area contributed by atoms with Crippen molar-refractivity contribution in [1.82, 2.24) is 0 Å². The fourth-order valence-corrected chi connectivity index (χ4v) is 2.39. The fraction of sp³-hybridized carbons (Fsp3) is 0.211. The van der Waals surface area contributed by atoms with E-state index >= 15 is 0 Å². The molecule has 0 fully saturated rings. The van der Waals surface area contributed by atoms with E-state index in [4.69, 9.17) is 11.6 Å². The van der Waals surface area contributed by atoms with E-state index in [9.17, 15) is 18.0 Å². The van der Waals surface area contributed by atoms with E-state index in [0.29, 0.717) is 5.92 Å². The second-order valence-corrected chi connectivity index (χ2v) is 6.24. The summed E-state index contributed by atoms with van der Waals surface area (Å²) in [6.07, 6.45) is -1.71. The van der Waals surface area contributed by atoms with Crippen LogP contribution in [0.2, 0.25) is 5.02 Å². The summed E-state index contributed by atoms with van der Waals surface area (Å²) in [6.45, 7) is 4.17. The summed E-state index contributed by atoms with van der Waals surface area (Å²) in [6, 6.07) is 10.9. The molecule has 0 atom stereocenters. The van der Waals surface area contributed by atoms with Crippen LogP contribution in [0.25, 0.3) is 6.08 Å². The molecule has 132 valence electrons. The predicted octanol–water partition coefficient (Wildman–Crippen LogP) is 6.13. The number of rotatable bonds is 4. The van der Waals surface area contributed by atoms with Crippen LogP contribution in [0, 0.1) is 0 Å². The summed E-state index contributed by atoms with van der Waals surface area (Å²) in [5, 5.41) is 1.99. The van der Waals surface area contributed by atoms with Gasteiger partial charge >= 0.3 is 6.18 Å². The van der Waals surface area contributed by atoms with Crippen molar-refractivity contribution in [3.63, 3.8) is 0 Å². The minimum absolute atomic E-state index is 0.0292. The van der Waals surface area contributed by atoms with E-state index in [-0.39, 0.29) is 5.69 Å². The Balaban J connectivity index is 2.07. The molecule has 0 aliphatic heterocycles. The highest BCUT2D eigenvalue weighted by Gasteiger charge is 2.33. The Bertz CT molecular complexity index is 780. The molecule has 25 heavy (non-hydrogen) atoms. The number of alkyl halides is 3. The average Bonchev–Trinajstić information content (AvgIpc) is 2.54. The lowest BCUT2D eigenvalue weighted by Crippen LogP contribution is -2.11. The van der Waals surface area contributed by atoms with Gasteiger partial charge in [-0.1, -0.05) is 49.7 Å². The van der Waals surface area contributed by atoms with E-state index in [1.807, 2.05) is 24.3 Å². The molecule has 2 aromatic rings. The van der Waals surface area contributed by atoms with Crippen molar-refractivity contribution in [2.45, 2.75) is 25.9 Å². The summed E-state index contributed by atoms with van der Waals surface area (Å²) in [4.78, 5) is 11.9. The van der Waals surface area contributed by atoms with Crippen molar-refractivity contribution in [1.29, 1.82) is 0 Å². The zero-order valence-electron chi connectivity index (χ0n) is 13.7. The molecule has 0 aliphatic rings.